The molecule has 0 saturated carbocycles. The second-order valence-corrected chi connectivity index (χ2v) is 11.1. The summed E-state index contributed by atoms with van der Waals surface area (Å²) in [7, 11) is 1.57. The highest BCUT2D eigenvalue weighted by Gasteiger charge is 2.68. The molecular weight excluding hydrogens is 560 g/mol. The zero-order valence-corrected chi connectivity index (χ0v) is 23.5. The van der Waals surface area contributed by atoms with Gasteiger partial charge < -0.3 is 4.74 Å². The highest BCUT2D eigenvalue weighted by Crippen LogP contribution is 2.63. The van der Waals surface area contributed by atoms with Gasteiger partial charge in [0.2, 0.25) is 17.7 Å². The molecule has 2 bridgehead atoms. The molecule has 4 aliphatic rings. The third kappa shape index (κ3) is 3.87. The second-order valence-electron chi connectivity index (χ2n) is 11.1. The van der Waals surface area contributed by atoms with Crippen LogP contribution in [0, 0.1) is 22.0 Å². The average molecular weight is 587 g/mol. The predicted octanol–water partition coefficient (Wildman–Crippen LogP) is 4.50. The smallest absolute Gasteiger partial charge is 0.293 e. The first kappa shape index (κ1) is 27.2. The molecule has 1 heterocycles. The summed E-state index contributed by atoms with van der Waals surface area (Å²) < 4.78 is 5.18. The minimum atomic E-state index is -1.22. The number of nitro groups is 1. The Bertz CT molecular complexity index is 1840. The van der Waals surface area contributed by atoms with Crippen molar-refractivity contribution in [3.05, 3.63) is 135 Å². The normalized spacial score (nSPS) is 22.8. The number of hydrogen-bond acceptors (Lipinski definition) is 7. The van der Waals surface area contributed by atoms with Crippen molar-refractivity contribution in [2.75, 3.05) is 12.0 Å². The number of methoxy groups -OCH3 is 1. The lowest BCUT2D eigenvalue weighted by atomic mass is 9.47. The standard InChI is InChI=1S/C34H26N4O6/c1-44-21-16-14-20(15-17-21)18-28(39)36-35-19-34-24-10-4-2-8-22(24)29(23-9-3-5-11-25(23)34)30-31(34)33(41)37(32(30)40)26-12-6-7-13-27(26)38(42)43/h2-17,19,29-31H,18H2,1H3,(H,36,39)/b35-19-/t29?,30-,31-,34?/m1/s1. The number of amides is 3. The lowest BCUT2D eigenvalue weighted by molar-refractivity contribution is -0.384. The number of nitrogens with one attached hydrogen (secondary N) is 1. The van der Waals surface area contributed by atoms with Gasteiger partial charge in [-0.1, -0.05) is 72.8 Å². The maximum Gasteiger partial charge on any atom is 0.293 e. The van der Waals surface area contributed by atoms with Crippen molar-refractivity contribution in [1.82, 2.24) is 5.43 Å². The molecule has 3 amide bonds. The molecule has 1 fully saturated rings. The number of carbonyl (C=O) groups excluding carboxylic acids is 3. The van der Waals surface area contributed by atoms with Gasteiger partial charge in [0.15, 0.2) is 0 Å². The summed E-state index contributed by atoms with van der Waals surface area (Å²) in [4.78, 5) is 54.0. The quantitative estimate of drug-likeness (QED) is 0.147. The number of imide groups is 1. The molecule has 0 unspecified atom stereocenters. The Hall–Kier alpha value is -5.64. The molecule has 0 spiro atoms. The zero-order chi connectivity index (χ0) is 30.6. The van der Waals surface area contributed by atoms with Crippen LogP contribution < -0.4 is 15.1 Å². The van der Waals surface area contributed by atoms with Crippen molar-refractivity contribution < 1.29 is 24.0 Å². The van der Waals surface area contributed by atoms with Gasteiger partial charge in [-0.15, -0.1) is 0 Å². The van der Waals surface area contributed by atoms with Gasteiger partial charge in [0.05, 0.1) is 35.7 Å². The number of nitrogens with zero attached hydrogens (tertiary/aromatic N) is 3. The Balaban J connectivity index is 1.34. The molecule has 2 atom stereocenters. The van der Waals surface area contributed by atoms with E-state index >= 15 is 0 Å². The molecule has 0 aromatic heterocycles. The summed E-state index contributed by atoms with van der Waals surface area (Å²) in [5, 5.41) is 16.3. The number of anilines is 1. The van der Waals surface area contributed by atoms with Gasteiger partial charge >= 0.3 is 0 Å². The molecule has 3 aliphatic carbocycles. The Kier molecular flexibility index (Phi) is 6.35. The van der Waals surface area contributed by atoms with Crippen LogP contribution in [0.2, 0.25) is 0 Å². The minimum Gasteiger partial charge on any atom is -0.497 e. The number of hydrogen-bond donors (Lipinski definition) is 1. The minimum absolute atomic E-state index is 0.0608. The lowest BCUT2D eigenvalue weighted by Crippen LogP contribution is -2.54. The summed E-state index contributed by atoms with van der Waals surface area (Å²) in [6.07, 6.45) is 1.64. The largest absolute Gasteiger partial charge is 0.497 e. The molecule has 0 radical (unpaired) electrons. The van der Waals surface area contributed by atoms with Crippen LogP contribution in [0.5, 0.6) is 5.75 Å². The van der Waals surface area contributed by atoms with Crippen LogP contribution in [0.25, 0.3) is 0 Å². The van der Waals surface area contributed by atoms with Crippen LogP contribution in [0.4, 0.5) is 11.4 Å². The van der Waals surface area contributed by atoms with E-state index in [1.54, 1.807) is 43.7 Å². The first-order valence-corrected chi connectivity index (χ1v) is 14.1. The first-order valence-electron chi connectivity index (χ1n) is 14.1. The number of rotatable bonds is 7. The van der Waals surface area contributed by atoms with Crippen molar-refractivity contribution in [1.29, 1.82) is 0 Å². The van der Waals surface area contributed by atoms with Gasteiger partial charge in [-0.25, -0.2) is 10.3 Å². The van der Waals surface area contributed by atoms with Crippen LogP contribution in [0.15, 0.2) is 102 Å². The van der Waals surface area contributed by atoms with Gasteiger partial charge in [-0.3, -0.25) is 24.5 Å². The Morgan fingerprint density at radius 3 is 2.18 bits per heavy atom. The number of carbonyl (C=O) groups is 3. The fraction of sp³-hybridized carbons (Fsp3) is 0.176. The fourth-order valence-electron chi connectivity index (χ4n) is 7.27. The van der Waals surface area contributed by atoms with E-state index in [2.05, 4.69) is 10.5 Å². The number of ether oxygens (including phenoxy) is 1. The SMILES string of the molecule is COc1ccc(CC(=O)N/N=C\C23c4ccccc4C(c4ccccc42)[C@H]2C(=O)N(c4ccccc4[N+](=O)[O-])C(=O)[C@@H]23)cc1. The van der Waals surface area contributed by atoms with Crippen LogP contribution in [-0.4, -0.2) is 36.0 Å². The van der Waals surface area contributed by atoms with E-state index in [-0.39, 0.29) is 23.7 Å². The molecule has 44 heavy (non-hydrogen) atoms. The summed E-state index contributed by atoms with van der Waals surface area (Å²) in [5.41, 5.74) is 5.16. The predicted molar refractivity (Wildman–Crippen MR) is 161 cm³/mol. The number of benzene rings is 4. The lowest BCUT2D eigenvalue weighted by Gasteiger charge is -2.52. The average Bonchev–Trinajstić information content (AvgIpc) is 3.31. The van der Waals surface area contributed by atoms with Crippen LogP contribution in [0.3, 0.4) is 0 Å². The van der Waals surface area contributed by atoms with Gasteiger partial charge in [0.25, 0.3) is 5.69 Å². The van der Waals surface area contributed by atoms with E-state index in [1.807, 2.05) is 48.5 Å². The molecule has 10 nitrogen and oxygen atoms in total. The Morgan fingerprint density at radius 1 is 0.932 bits per heavy atom. The monoisotopic (exact) mass is 586 g/mol. The summed E-state index contributed by atoms with van der Waals surface area (Å²) in [6.45, 7) is 0. The van der Waals surface area contributed by atoms with Crippen LogP contribution >= 0.6 is 0 Å². The summed E-state index contributed by atoms with van der Waals surface area (Å²) in [6, 6.07) is 28.2. The third-order valence-electron chi connectivity index (χ3n) is 8.98. The van der Waals surface area contributed by atoms with E-state index in [0.717, 1.165) is 32.7 Å². The van der Waals surface area contributed by atoms with E-state index in [1.165, 1.54) is 18.2 Å². The topological polar surface area (TPSA) is 131 Å². The molecular formula is C34H26N4O6. The highest BCUT2D eigenvalue weighted by atomic mass is 16.6. The first-order chi connectivity index (χ1) is 21.4. The zero-order valence-electron chi connectivity index (χ0n) is 23.5. The highest BCUT2D eigenvalue weighted by molar-refractivity contribution is 6.25. The fourth-order valence-corrected chi connectivity index (χ4v) is 7.27. The van der Waals surface area contributed by atoms with Gasteiger partial charge in [-0.2, -0.15) is 5.10 Å². The molecule has 4 aromatic carbocycles. The second kappa shape index (κ2) is 10.3. The molecule has 10 heteroatoms. The maximum atomic E-state index is 14.5. The van der Waals surface area contributed by atoms with E-state index < -0.39 is 39.9 Å². The molecule has 4 aromatic rings. The van der Waals surface area contributed by atoms with Crippen LogP contribution in [-0.2, 0) is 26.2 Å². The van der Waals surface area contributed by atoms with Crippen molar-refractivity contribution >= 4 is 35.3 Å². The van der Waals surface area contributed by atoms with Gasteiger partial charge in [0.1, 0.15) is 11.4 Å². The number of nitro benzene ring substituents is 1. The molecule has 1 N–H and O–H groups in total. The molecule has 8 rings (SSSR count). The van der Waals surface area contributed by atoms with E-state index in [4.69, 9.17) is 4.74 Å². The van der Waals surface area contributed by atoms with E-state index in [9.17, 15) is 24.5 Å². The summed E-state index contributed by atoms with van der Waals surface area (Å²) in [5.74, 6) is -2.92. The van der Waals surface area contributed by atoms with Gasteiger partial charge in [0, 0.05) is 18.2 Å². The number of para-hydroxylation sites is 2. The number of hydrazone groups is 1. The Morgan fingerprint density at radius 2 is 1.55 bits per heavy atom. The maximum absolute atomic E-state index is 14.5. The van der Waals surface area contributed by atoms with E-state index in [0.29, 0.717) is 5.75 Å². The molecule has 1 aliphatic heterocycles. The summed E-state index contributed by atoms with van der Waals surface area (Å²) >= 11 is 0. The third-order valence-corrected chi connectivity index (χ3v) is 8.98. The molecule has 1 saturated heterocycles. The van der Waals surface area contributed by atoms with Crippen molar-refractivity contribution in [2.45, 2.75) is 17.8 Å². The van der Waals surface area contributed by atoms with Gasteiger partial charge in [-0.05, 0) is 46.0 Å². The van der Waals surface area contributed by atoms with Crippen molar-refractivity contribution in [3.63, 3.8) is 0 Å². The van der Waals surface area contributed by atoms with Crippen molar-refractivity contribution in [2.24, 2.45) is 16.9 Å². The molecule has 218 valence electrons. The van der Waals surface area contributed by atoms with Crippen molar-refractivity contribution in [3.8, 4) is 5.75 Å². The Labute approximate surface area is 252 Å². The van der Waals surface area contributed by atoms with Crippen LogP contribution in [0.1, 0.15) is 33.7 Å².